The fourth-order valence-electron chi connectivity index (χ4n) is 2.56. The van der Waals surface area contributed by atoms with Gasteiger partial charge in [-0.25, -0.2) is 0 Å². The van der Waals surface area contributed by atoms with Gasteiger partial charge in [0.15, 0.2) is 0 Å². The fraction of sp³-hybridized carbons (Fsp3) is 0.438. The molecule has 1 aliphatic heterocycles. The largest absolute Gasteiger partial charge is 0.384 e. The van der Waals surface area contributed by atoms with E-state index in [1.165, 1.54) is 18.4 Å². The first-order valence-electron chi connectivity index (χ1n) is 6.87. The summed E-state index contributed by atoms with van der Waals surface area (Å²) in [6, 6.07) is 5.91. The van der Waals surface area contributed by atoms with E-state index in [0.29, 0.717) is 12.5 Å². The monoisotopic (exact) mass is 254 g/mol. The van der Waals surface area contributed by atoms with Gasteiger partial charge in [-0.2, -0.15) is 0 Å². The summed E-state index contributed by atoms with van der Waals surface area (Å²) in [5.41, 5.74) is 3.15. The van der Waals surface area contributed by atoms with Crippen molar-refractivity contribution < 1.29 is 4.79 Å². The predicted octanol–water partition coefficient (Wildman–Crippen LogP) is 2.14. The third-order valence-electron chi connectivity index (χ3n) is 3.81. The molecule has 0 radical (unpaired) electrons. The third kappa shape index (κ3) is 2.58. The second-order valence-corrected chi connectivity index (χ2v) is 5.38. The van der Waals surface area contributed by atoms with Gasteiger partial charge in [0.05, 0.1) is 6.54 Å². The van der Waals surface area contributed by atoms with Gasteiger partial charge in [-0.05, 0) is 48.9 Å². The number of rotatable bonds is 4. The normalized spacial score (nSPS) is 16.4. The summed E-state index contributed by atoms with van der Waals surface area (Å²) in [7, 11) is 0. The van der Waals surface area contributed by atoms with Crippen molar-refractivity contribution in [3.05, 3.63) is 29.3 Å². The van der Waals surface area contributed by atoms with Gasteiger partial charge in [0.2, 0.25) is 0 Å². The number of amides is 1. The summed E-state index contributed by atoms with van der Waals surface area (Å²) in [4.78, 5) is 14.3. The molecule has 1 heterocycles. The lowest BCUT2D eigenvalue weighted by Gasteiger charge is -2.20. The van der Waals surface area contributed by atoms with Gasteiger partial charge in [0.1, 0.15) is 0 Å². The summed E-state index contributed by atoms with van der Waals surface area (Å²) in [5.74, 6) is 3.33. The minimum absolute atomic E-state index is 0.0690. The Morgan fingerprint density at radius 2 is 2.32 bits per heavy atom. The SMILES string of the molecule is C#CCN(CC1CC1)C(=O)c1ccc2c(c1)CCN2. The van der Waals surface area contributed by atoms with E-state index in [1.54, 1.807) is 0 Å². The van der Waals surface area contributed by atoms with Crippen LogP contribution in [0.1, 0.15) is 28.8 Å². The number of benzene rings is 1. The second kappa shape index (κ2) is 4.97. The molecule has 0 unspecified atom stereocenters. The van der Waals surface area contributed by atoms with Crippen LogP contribution >= 0.6 is 0 Å². The lowest BCUT2D eigenvalue weighted by atomic mass is 10.1. The molecule has 0 atom stereocenters. The van der Waals surface area contributed by atoms with Crippen LogP contribution in [0.5, 0.6) is 0 Å². The van der Waals surface area contributed by atoms with Crippen molar-refractivity contribution in [2.75, 3.05) is 25.0 Å². The first-order valence-corrected chi connectivity index (χ1v) is 6.87. The molecule has 0 saturated heterocycles. The van der Waals surface area contributed by atoms with E-state index in [4.69, 9.17) is 6.42 Å². The van der Waals surface area contributed by atoms with E-state index in [0.717, 1.165) is 30.8 Å². The Bertz CT molecular complexity index is 540. The Morgan fingerprint density at radius 1 is 1.47 bits per heavy atom. The van der Waals surface area contributed by atoms with Gasteiger partial charge < -0.3 is 10.2 Å². The Balaban J connectivity index is 1.78. The number of carbonyl (C=O) groups is 1. The lowest BCUT2D eigenvalue weighted by Crippen LogP contribution is -2.33. The molecule has 1 N–H and O–H groups in total. The van der Waals surface area contributed by atoms with Crippen LogP contribution in [0, 0.1) is 18.3 Å². The van der Waals surface area contributed by atoms with Crippen LogP contribution in [0.25, 0.3) is 0 Å². The van der Waals surface area contributed by atoms with E-state index in [9.17, 15) is 4.79 Å². The van der Waals surface area contributed by atoms with Crippen LogP contribution in [-0.2, 0) is 6.42 Å². The zero-order valence-corrected chi connectivity index (χ0v) is 11.0. The van der Waals surface area contributed by atoms with Crippen molar-refractivity contribution in [1.82, 2.24) is 4.90 Å². The highest BCUT2D eigenvalue weighted by Gasteiger charge is 2.27. The van der Waals surface area contributed by atoms with Gasteiger partial charge in [0, 0.05) is 24.3 Å². The fourth-order valence-corrected chi connectivity index (χ4v) is 2.56. The minimum Gasteiger partial charge on any atom is -0.384 e. The van der Waals surface area contributed by atoms with E-state index in [-0.39, 0.29) is 5.91 Å². The van der Waals surface area contributed by atoms with E-state index in [1.807, 2.05) is 23.1 Å². The number of fused-ring (bicyclic) bond motifs is 1. The van der Waals surface area contributed by atoms with E-state index in [2.05, 4.69) is 11.2 Å². The first-order chi connectivity index (χ1) is 9.28. The van der Waals surface area contributed by atoms with Crippen LogP contribution in [0.2, 0.25) is 0 Å². The van der Waals surface area contributed by atoms with Crippen molar-refractivity contribution in [1.29, 1.82) is 0 Å². The molecule has 0 aromatic heterocycles. The van der Waals surface area contributed by atoms with E-state index >= 15 is 0 Å². The quantitative estimate of drug-likeness (QED) is 0.835. The Kier molecular flexibility index (Phi) is 3.16. The zero-order chi connectivity index (χ0) is 13.2. The van der Waals surface area contributed by atoms with Gasteiger partial charge in [0.25, 0.3) is 5.91 Å². The number of hydrogen-bond acceptors (Lipinski definition) is 2. The molecule has 98 valence electrons. The molecule has 1 amide bonds. The van der Waals surface area contributed by atoms with Crippen molar-refractivity contribution in [2.45, 2.75) is 19.3 Å². The highest BCUT2D eigenvalue weighted by Crippen LogP contribution is 2.30. The molecule has 1 aromatic rings. The van der Waals surface area contributed by atoms with Crippen molar-refractivity contribution in [2.24, 2.45) is 5.92 Å². The summed E-state index contributed by atoms with van der Waals surface area (Å²) in [5, 5.41) is 3.31. The number of anilines is 1. The molecular formula is C16H18N2O. The Morgan fingerprint density at radius 3 is 3.05 bits per heavy atom. The minimum atomic E-state index is 0.0690. The summed E-state index contributed by atoms with van der Waals surface area (Å²) in [6.45, 7) is 2.17. The third-order valence-corrected chi connectivity index (χ3v) is 3.81. The molecule has 2 aliphatic rings. The smallest absolute Gasteiger partial charge is 0.254 e. The van der Waals surface area contributed by atoms with E-state index < -0.39 is 0 Å². The molecule has 0 spiro atoms. The van der Waals surface area contributed by atoms with Gasteiger partial charge in [-0.15, -0.1) is 6.42 Å². The standard InChI is InChI=1S/C16H18N2O/c1-2-9-18(11-12-3-4-12)16(19)14-5-6-15-13(10-14)7-8-17-15/h1,5-6,10,12,17H,3-4,7-9,11H2. The summed E-state index contributed by atoms with van der Waals surface area (Å²) < 4.78 is 0. The predicted molar refractivity (Wildman–Crippen MR) is 76.1 cm³/mol. The summed E-state index contributed by atoms with van der Waals surface area (Å²) in [6.07, 6.45) is 8.82. The number of nitrogens with zero attached hydrogens (tertiary/aromatic N) is 1. The molecule has 0 bridgehead atoms. The van der Waals surface area contributed by atoms with Gasteiger partial charge in [-0.1, -0.05) is 5.92 Å². The molecule has 3 nitrogen and oxygen atoms in total. The maximum absolute atomic E-state index is 12.5. The highest BCUT2D eigenvalue weighted by atomic mass is 16.2. The number of nitrogens with one attached hydrogen (secondary N) is 1. The van der Waals surface area contributed by atoms with Gasteiger partial charge in [-0.3, -0.25) is 4.79 Å². The second-order valence-electron chi connectivity index (χ2n) is 5.38. The number of carbonyl (C=O) groups excluding carboxylic acids is 1. The number of terminal acetylenes is 1. The maximum Gasteiger partial charge on any atom is 0.254 e. The van der Waals surface area contributed by atoms with Crippen LogP contribution in [0.15, 0.2) is 18.2 Å². The molecule has 3 rings (SSSR count). The van der Waals surface area contributed by atoms with Crippen LogP contribution in [-0.4, -0.2) is 30.4 Å². The van der Waals surface area contributed by atoms with Crippen LogP contribution < -0.4 is 5.32 Å². The molecule has 19 heavy (non-hydrogen) atoms. The topological polar surface area (TPSA) is 32.3 Å². The Hall–Kier alpha value is -1.95. The summed E-state index contributed by atoms with van der Waals surface area (Å²) >= 11 is 0. The lowest BCUT2D eigenvalue weighted by molar-refractivity contribution is 0.0769. The maximum atomic E-state index is 12.5. The number of hydrogen-bond donors (Lipinski definition) is 1. The highest BCUT2D eigenvalue weighted by molar-refractivity contribution is 5.95. The molecule has 1 fully saturated rings. The van der Waals surface area contributed by atoms with Crippen molar-refractivity contribution in [3.63, 3.8) is 0 Å². The molecule has 3 heteroatoms. The average Bonchev–Trinajstić information content (AvgIpc) is 3.11. The van der Waals surface area contributed by atoms with Crippen LogP contribution in [0.3, 0.4) is 0 Å². The molecule has 1 aromatic carbocycles. The van der Waals surface area contributed by atoms with Crippen molar-refractivity contribution >= 4 is 11.6 Å². The molecular weight excluding hydrogens is 236 g/mol. The molecule has 1 saturated carbocycles. The zero-order valence-electron chi connectivity index (χ0n) is 11.0. The van der Waals surface area contributed by atoms with Gasteiger partial charge >= 0.3 is 0 Å². The Labute approximate surface area is 114 Å². The van der Waals surface area contributed by atoms with Crippen molar-refractivity contribution in [3.8, 4) is 12.3 Å². The van der Waals surface area contributed by atoms with Crippen LogP contribution in [0.4, 0.5) is 5.69 Å². The average molecular weight is 254 g/mol. The first kappa shape index (κ1) is 12.1. The molecule has 1 aliphatic carbocycles.